The fourth-order valence-electron chi connectivity index (χ4n) is 2.69. The molecule has 1 amide bonds. The van der Waals surface area contributed by atoms with Crippen molar-refractivity contribution >= 4 is 5.91 Å². The van der Waals surface area contributed by atoms with Crippen LogP contribution in [0.15, 0.2) is 60.7 Å². The number of hydrogen-bond acceptors (Lipinski definition) is 2. The third kappa shape index (κ3) is 5.41. The number of carbonyl (C=O) groups is 1. The second-order valence-corrected chi connectivity index (χ2v) is 6.43. The molecule has 24 heavy (non-hydrogen) atoms. The van der Waals surface area contributed by atoms with Gasteiger partial charge in [-0.25, -0.2) is 0 Å². The lowest BCUT2D eigenvalue weighted by atomic mass is 9.96. The normalized spacial score (nSPS) is 13.3. The van der Waals surface area contributed by atoms with Crippen molar-refractivity contribution in [2.75, 3.05) is 0 Å². The Labute approximate surface area is 145 Å². The van der Waals surface area contributed by atoms with Crippen molar-refractivity contribution in [3.05, 3.63) is 66.2 Å². The van der Waals surface area contributed by atoms with E-state index in [-0.39, 0.29) is 11.9 Å². The van der Waals surface area contributed by atoms with Gasteiger partial charge in [0.2, 0.25) is 0 Å². The third-order valence-corrected chi connectivity index (χ3v) is 3.91. The van der Waals surface area contributed by atoms with Gasteiger partial charge in [-0.05, 0) is 36.5 Å². The zero-order chi connectivity index (χ0) is 17.4. The molecule has 0 unspecified atom stereocenters. The fraction of sp³-hybridized carbons (Fsp3) is 0.381. The van der Waals surface area contributed by atoms with Crippen LogP contribution in [0.4, 0.5) is 0 Å². The molecule has 0 bridgehead atoms. The molecule has 0 radical (unpaired) electrons. The molecular weight excluding hydrogens is 298 g/mol. The summed E-state index contributed by atoms with van der Waals surface area (Å²) in [6.45, 7) is 6.30. The van der Waals surface area contributed by atoms with Gasteiger partial charge in [-0.15, -0.1) is 0 Å². The Balaban J connectivity index is 2.07. The lowest BCUT2D eigenvalue weighted by molar-refractivity contribution is -0.129. The van der Waals surface area contributed by atoms with E-state index in [1.807, 2.05) is 55.5 Å². The summed E-state index contributed by atoms with van der Waals surface area (Å²) in [6, 6.07) is 19.6. The van der Waals surface area contributed by atoms with E-state index in [2.05, 4.69) is 31.3 Å². The number of hydrogen-bond donors (Lipinski definition) is 1. The van der Waals surface area contributed by atoms with Gasteiger partial charge in [-0.2, -0.15) is 0 Å². The lowest BCUT2D eigenvalue weighted by Crippen LogP contribution is -2.40. The fourth-order valence-corrected chi connectivity index (χ4v) is 2.69. The predicted molar refractivity (Wildman–Crippen MR) is 97.9 cm³/mol. The zero-order valence-corrected chi connectivity index (χ0v) is 14.7. The van der Waals surface area contributed by atoms with Crippen molar-refractivity contribution in [1.29, 1.82) is 0 Å². The number of benzene rings is 2. The summed E-state index contributed by atoms with van der Waals surface area (Å²) >= 11 is 0. The van der Waals surface area contributed by atoms with Crippen LogP contribution in [0.2, 0.25) is 0 Å². The van der Waals surface area contributed by atoms with Gasteiger partial charge in [-0.1, -0.05) is 69.3 Å². The Bertz CT molecular complexity index is 610. The topological polar surface area (TPSA) is 38.3 Å². The molecule has 0 saturated carbocycles. The van der Waals surface area contributed by atoms with Gasteiger partial charge in [0.05, 0.1) is 6.04 Å². The van der Waals surface area contributed by atoms with E-state index in [0.717, 1.165) is 17.7 Å². The molecular formula is C21H27NO2. The summed E-state index contributed by atoms with van der Waals surface area (Å²) in [5.74, 6) is 1.15. The summed E-state index contributed by atoms with van der Waals surface area (Å²) in [5.41, 5.74) is 1.13. The smallest absolute Gasteiger partial charge is 0.261 e. The van der Waals surface area contributed by atoms with Crippen molar-refractivity contribution in [1.82, 2.24) is 5.32 Å². The van der Waals surface area contributed by atoms with Gasteiger partial charge in [-0.3, -0.25) is 4.79 Å². The number of rotatable bonds is 8. The monoisotopic (exact) mass is 325 g/mol. The number of amides is 1. The molecule has 0 aliphatic rings. The standard InChI is InChI=1S/C21H27NO2/c1-4-20(24-18-13-9-6-10-14-18)21(23)22-19(15-16(2)3)17-11-7-5-8-12-17/h5-14,16,19-20H,4,15H2,1-3H3,(H,22,23)/t19-,20-/m1/s1. The summed E-state index contributed by atoms with van der Waals surface area (Å²) in [7, 11) is 0. The van der Waals surface area contributed by atoms with E-state index < -0.39 is 6.10 Å². The molecule has 0 saturated heterocycles. The van der Waals surface area contributed by atoms with Gasteiger partial charge >= 0.3 is 0 Å². The second-order valence-electron chi connectivity index (χ2n) is 6.43. The third-order valence-electron chi connectivity index (χ3n) is 3.91. The van der Waals surface area contributed by atoms with Crippen molar-refractivity contribution in [3.8, 4) is 5.75 Å². The maximum absolute atomic E-state index is 12.7. The van der Waals surface area contributed by atoms with Crippen molar-refractivity contribution in [3.63, 3.8) is 0 Å². The maximum Gasteiger partial charge on any atom is 0.261 e. The van der Waals surface area contributed by atoms with Crippen LogP contribution in [0.25, 0.3) is 0 Å². The van der Waals surface area contributed by atoms with Crippen LogP contribution in [-0.2, 0) is 4.79 Å². The zero-order valence-electron chi connectivity index (χ0n) is 14.7. The first-order valence-electron chi connectivity index (χ1n) is 8.67. The van der Waals surface area contributed by atoms with Crippen LogP contribution in [0.1, 0.15) is 45.2 Å². The molecule has 0 aliphatic carbocycles. The molecule has 2 aromatic carbocycles. The molecule has 0 spiro atoms. The molecule has 0 aliphatic heterocycles. The molecule has 3 heteroatoms. The molecule has 128 valence electrons. The van der Waals surface area contributed by atoms with E-state index in [1.165, 1.54) is 0 Å². The van der Waals surface area contributed by atoms with Crippen LogP contribution in [-0.4, -0.2) is 12.0 Å². The minimum absolute atomic E-state index is 0.00660. The molecule has 2 rings (SSSR count). The van der Waals surface area contributed by atoms with E-state index in [4.69, 9.17) is 4.74 Å². The first-order chi connectivity index (χ1) is 11.6. The highest BCUT2D eigenvalue weighted by molar-refractivity contribution is 5.81. The Hall–Kier alpha value is -2.29. The molecule has 0 aromatic heterocycles. The Morgan fingerprint density at radius 1 is 1.00 bits per heavy atom. The highest BCUT2D eigenvalue weighted by atomic mass is 16.5. The van der Waals surface area contributed by atoms with Crippen LogP contribution in [0.3, 0.4) is 0 Å². The highest BCUT2D eigenvalue weighted by Gasteiger charge is 2.23. The van der Waals surface area contributed by atoms with Crippen molar-refractivity contribution in [2.24, 2.45) is 5.92 Å². The number of ether oxygens (including phenoxy) is 1. The Morgan fingerprint density at radius 3 is 2.12 bits per heavy atom. The average Bonchev–Trinajstić information content (AvgIpc) is 2.60. The largest absolute Gasteiger partial charge is 0.481 e. The lowest BCUT2D eigenvalue weighted by Gasteiger charge is -2.24. The van der Waals surface area contributed by atoms with Crippen LogP contribution < -0.4 is 10.1 Å². The molecule has 1 N–H and O–H groups in total. The number of nitrogens with one attached hydrogen (secondary N) is 1. The van der Waals surface area contributed by atoms with E-state index in [9.17, 15) is 4.79 Å². The molecule has 0 heterocycles. The van der Waals surface area contributed by atoms with E-state index in [0.29, 0.717) is 12.3 Å². The average molecular weight is 325 g/mol. The van der Waals surface area contributed by atoms with Gasteiger partial charge < -0.3 is 10.1 Å². The van der Waals surface area contributed by atoms with Crippen molar-refractivity contribution < 1.29 is 9.53 Å². The minimum Gasteiger partial charge on any atom is -0.481 e. The van der Waals surface area contributed by atoms with Gasteiger partial charge in [0.15, 0.2) is 6.10 Å². The minimum atomic E-state index is -0.481. The number of para-hydroxylation sites is 1. The van der Waals surface area contributed by atoms with Crippen molar-refractivity contribution in [2.45, 2.75) is 45.8 Å². The van der Waals surface area contributed by atoms with Crippen LogP contribution in [0.5, 0.6) is 5.75 Å². The Kier molecular flexibility index (Phi) is 6.86. The van der Waals surface area contributed by atoms with Gasteiger partial charge in [0, 0.05) is 0 Å². The van der Waals surface area contributed by atoms with Crippen LogP contribution in [0, 0.1) is 5.92 Å². The first-order valence-corrected chi connectivity index (χ1v) is 8.67. The summed E-state index contributed by atoms with van der Waals surface area (Å²) < 4.78 is 5.86. The quantitative estimate of drug-likeness (QED) is 0.761. The number of carbonyl (C=O) groups excluding carboxylic acids is 1. The summed E-state index contributed by atoms with van der Waals surface area (Å²) in [4.78, 5) is 12.7. The van der Waals surface area contributed by atoms with E-state index in [1.54, 1.807) is 0 Å². The van der Waals surface area contributed by atoms with Gasteiger partial charge in [0.1, 0.15) is 5.75 Å². The molecule has 2 aromatic rings. The first kappa shape index (κ1) is 18.1. The molecule has 3 nitrogen and oxygen atoms in total. The molecule has 2 atom stereocenters. The van der Waals surface area contributed by atoms with Gasteiger partial charge in [0.25, 0.3) is 5.91 Å². The molecule has 0 fully saturated rings. The summed E-state index contributed by atoms with van der Waals surface area (Å²) in [5, 5.41) is 3.17. The maximum atomic E-state index is 12.7. The highest BCUT2D eigenvalue weighted by Crippen LogP contribution is 2.22. The van der Waals surface area contributed by atoms with E-state index >= 15 is 0 Å². The van der Waals surface area contributed by atoms with Crippen LogP contribution >= 0.6 is 0 Å². The summed E-state index contributed by atoms with van der Waals surface area (Å²) in [6.07, 6.45) is 1.05. The predicted octanol–water partition coefficient (Wildman–Crippen LogP) is 4.75. The second kappa shape index (κ2) is 9.11. The SMILES string of the molecule is CC[C@@H](Oc1ccccc1)C(=O)N[C@H](CC(C)C)c1ccccc1. The Morgan fingerprint density at radius 2 is 1.58 bits per heavy atom.